The molecule has 0 aliphatic carbocycles. The second kappa shape index (κ2) is 5.21. The number of carbonyl (C=O) groups is 1. The molecule has 88 valence electrons. The van der Waals surface area contributed by atoms with E-state index in [4.69, 9.17) is 22.1 Å². The molecule has 0 bridgehead atoms. The average Bonchev–Trinajstić information content (AvgIpc) is 2.78. The summed E-state index contributed by atoms with van der Waals surface area (Å²) in [6.07, 6.45) is 0. The Kier molecular flexibility index (Phi) is 3.66. The van der Waals surface area contributed by atoms with E-state index in [2.05, 4.69) is 0 Å². The summed E-state index contributed by atoms with van der Waals surface area (Å²) in [6, 6.07) is 8.53. The fourth-order valence-corrected chi connectivity index (χ4v) is 2.19. The van der Waals surface area contributed by atoms with E-state index in [1.807, 2.05) is 17.5 Å². The van der Waals surface area contributed by atoms with Gasteiger partial charge in [0.1, 0.15) is 6.61 Å². The molecule has 1 aromatic heterocycles. The molecule has 3 nitrogen and oxygen atoms in total. The fraction of sp³-hybridized carbons (Fsp3) is 0.0833. The summed E-state index contributed by atoms with van der Waals surface area (Å²) in [5.74, 6) is -0.441. The molecule has 0 saturated heterocycles. The van der Waals surface area contributed by atoms with E-state index in [1.165, 1.54) is 17.4 Å². The highest BCUT2D eigenvalue weighted by atomic mass is 35.5. The molecule has 0 saturated carbocycles. The highest BCUT2D eigenvalue weighted by Crippen LogP contribution is 2.20. The Morgan fingerprint density at radius 3 is 2.88 bits per heavy atom. The van der Waals surface area contributed by atoms with Crippen LogP contribution in [0.4, 0.5) is 5.69 Å². The lowest BCUT2D eigenvalue weighted by atomic mass is 10.2. The Morgan fingerprint density at radius 2 is 2.24 bits per heavy atom. The minimum atomic E-state index is -0.441. The van der Waals surface area contributed by atoms with E-state index in [0.717, 1.165) is 4.88 Å². The van der Waals surface area contributed by atoms with Crippen molar-refractivity contribution >= 4 is 34.6 Å². The SMILES string of the molecule is Nc1ccc(C(=O)OCc2cccs2)c(Cl)c1. The first kappa shape index (κ1) is 12.0. The summed E-state index contributed by atoms with van der Waals surface area (Å²) in [7, 11) is 0. The van der Waals surface area contributed by atoms with E-state index in [0.29, 0.717) is 16.3 Å². The molecular formula is C12H10ClNO2S. The third kappa shape index (κ3) is 2.99. The molecule has 2 rings (SSSR count). The third-order valence-electron chi connectivity index (χ3n) is 2.14. The quantitative estimate of drug-likeness (QED) is 0.685. The molecule has 1 heterocycles. The molecule has 0 atom stereocenters. The summed E-state index contributed by atoms with van der Waals surface area (Å²) in [5, 5.41) is 2.24. The molecule has 0 amide bonds. The molecule has 17 heavy (non-hydrogen) atoms. The number of halogens is 1. The Morgan fingerprint density at radius 1 is 1.41 bits per heavy atom. The summed E-state index contributed by atoms with van der Waals surface area (Å²) in [4.78, 5) is 12.7. The van der Waals surface area contributed by atoms with Gasteiger partial charge in [-0.3, -0.25) is 0 Å². The maximum Gasteiger partial charge on any atom is 0.340 e. The maximum atomic E-state index is 11.7. The van der Waals surface area contributed by atoms with E-state index in [-0.39, 0.29) is 6.61 Å². The molecule has 0 spiro atoms. The number of hydrogen-bond donors (Lipinski definition) is 1. The van der Waals surface area contributed by atoms with Crippen LogP contribution in [0.5, 0.6) is 0 Å². The maximum absolute atomic E-state index is 11.7. The Balaban J connectivity index is 2.04. The van der Waals surface area contributed by atoms with Gasteiger partial charge in [-0.25, -0.2) is 4.79 Å². The van der Waals surface area contributed by atoms with Crippen molar-refractivity contribution in [2.45, 2.75) is 6.61 Å². The number of hydrogen-bond acceptors (Lipinski definition) is 4. The molecule has 1 aromatic carbocycles. The summed E-state index contributed by atoms with van der Waals surface area (Å²) in [6.45, 7) is 0.261. The van der Waals surface area contributed by atoms with Crippen LogP contribution in [0.15, 0.2) is 35.7 Å². The van der Waals surface area contributed by atoms with Crippen LogP contribution in [0.3, 0.4) is 0 Å². The van der Waals surface area contributed by atoms with Gasteiger partial charge in [0.05, 0.1) is 10.6 Å². The Labute approximate surface area is 108 Å². The second-order valence-corrected chi connectivity index (χ2v) is 4.83. The predicted octanol–water partition coefficient (Wildman–Crippen LogP) is 3.34. The lowest BCUT2D eigenvalue weighted by molar-refractivity contribution is 0.0477. The molecular weight excluding hydrogens is 258 g/mol. The Bertz CT molecular complexity index is 525. The van der Waals surface area contributed by atoms with Gasteiger partial charge in [0, 0.05) is 10.6 Å². The van der Waals surface area contributed by atoms with Crippen molar-refractivity contribution < 1.29 is 9.53 Å². The zero-order chi connectivity index (χ0) is 12.3. The number of thiophene rings is 1. The first-order valence-electron chi connectivity index (χ1n) is 4.91. The van der Waals surface area contributed by atoms with Gasteiger partial charge in [-0.1, -0.05) is 17.7 Å². The summed E-state index contributed by atoms with van der Waals surface area (Å²) in [5.41, 5.74) is 6.39. The van der Waals surface area contributed by atoms with Gasteiger partial charge in [-0.2, -0.15) is 0 Å². The van der Waals surface area contributed by atoms with Gasteiger partial charge >= 0.3 is 5.97 Å². The normalized spacial score (nSPS) is 10.2. The number of ether oxygens (including phenoxy) is 1. The van der Waals surface area contributed by atoms with Crippen LogP contribution < -0.4 is 5.73 Å². The monoisotopic (exact) mass is 267 g/mol. The van der Waals surface area contributed by atoms with E-state index < -0.39 is 5.97 Å². The van der Waals surface area contributed by atoms with Crippen LogP contribution in [-0.4, -0.2) is 5.97 Å². The second-order valence-electron chi connectivity index (χ2n) is 3.39. The van der Waals surface area contributed by atoms with Gasteiger partial charge in [0.15, 0.2) is 0 Å². The van der Waals surface area contributed by atoms with Crippen LogP contribution in [0.25, 0.3) is 0 Å². The number of rotatable bonds is 3. The Hall–Kier alpha value is -1.52. The first-order valence-corrected chi connectivity index (χ1v) is 6.17. The summed E-state index contributed by atoms with van der Waals surface area (Å²) < 4.78 is 5.14. The average molecular weight is 268 g/mol. The number of nitrogen functional groups attached to an aromatic ring is 1. The molecule has 0 aliphatic rings. The lowest BCUT2D eigenvalue weighted by Gasteiger charge is -2.05. The number of esters is 1. The topological polar surface area (TPSA) is 52.3 Å². The largest absolute Gasteiger partial charge is 0.456 e. The lowest BCUT2D eigenvalue weighted by Crippen LogP contribution is -2.05. The molecule has 2 aromatic rings. The first-order chi connectivity index (χ1) is 8.16. The van der Waals surface area contributed by atoms with Crippen molar-refractivity contribution in [1.82, 2.24) is 0 Å². The molecule has 0 fully saturated rings. The van der Waals surface area contributed by atoms with Crippen molar-refractivity contribution in [1.29, 1.82) is 0 Å². The number of anilines is 1. The molecule has 2 N–H and O–H groups in total. The van der Waals surface area contributed by atoms with Gasteiger partial charge in [-0.15, -0.1) is 11.3 Å². The van der Waals surface area contributed by atoms with Crippen molar-refractivity contribution in [3.8, 4) is 0 Å². The van der Waals surface area contributed by atoms with Crippen LogP contribution in [0.2, 0.25) is 5.02 Å². The minimum Gasteiger partial charge on any atom is -0.456 e. The predicted molar refractivity (Wildman–Crippen MR) is 69.3 cm³/mol. The smallest absolute Gasteiger partial charge is 0.340 e. The van der Waals surface area contributed by atoms with Gasteiger partial charge in [0.2, 0.25) is 0 Å². The van der Waals surface area contributed by atoms with E-state index in [9.17, 15) is 4.79 Å². The molecule has 5 heteroatoms. The standard InChI is InChI=1S/C12H10ClNO2S/c13-11-6-8(14)3-4-10(11)12(15)16-7-9-2-1-5-17-9/h1-6H,7,14H2. The van der Waals surface area contributed by atoms with Crippen LogP contribution in [0, 0.1) is 0 Å². The van der Waals surface area contributed by atoms with Gasteiger partial charge < -0.3 is 10.5 Å². The van der Waals surface area contributed by atoms with Crippen molar-refractivity contribution in [2.24, 2.45) is 0 Å². The molecule has 0 aliphatic heterocycles. The molecule has 0 radical (unpaired) electrons. The number of carbonyl (C=O) groups excluding carboxylic acids is 1. The fourth-order valence-electron chi connectivity index (χ4n) is 1.31. The highest BCUT2D eigenvalue weighted by molar-refractivity contribution is 7.09. The zero-order valence-electron chi connectivity index (χ0n) is 8.85. The van der Waals surface area contributed by atoms with Crippen LogP contribution in [0.1, 0.15) is 15.2 Å². The number of benzene rings is 1. The number of nitrogens with two attached hydrogens (primary N) is 1. The third-order valence-corrected chi connectivity index (χ3v) is 3.30. The molecule has 0 unspecified atom stereocenters. The van der Waals surface area contributed by atoms with Gasteiger partial charge in [0.25, 0.3) is 0 Å². The van der Waals surface area contributed by atoms with Gasteiger partial charge in [-0.05, 0) is 29.6 Å². The van der Waals surface area contributed by atoms with Crippen molar-refractivity contribution in [3.63, 3.8) is 0 Å². The van der Waals surface area contributed by atoms with Crippen LogP contribution >= 0.6 is 22.9 Å². The minimum absolute atomic E-state index is 0.261. The van der Waals surface area contributed by atoms with Crippen molar-refractivity contribution in [3.05, 3.63) is 51.2 Å². The van der Waals surface area contributed by atoms with Crippen molar-refractivity contribution in [2.75, 3.05) is 5.73 Å². The highest BCUT2D eigenvalue weighted by Gasteiger charge is 2.12. The zero-order valence-corrected chi connectivity index (χ0v) is 10.4. The van der Waals surface area contributed by atoms with E-state index in [1.54, 1.807) is 12.1 Å². The summed E-state index contributed by atoms with van der Waals surface area (Å²) >= 11 is 7.44. The van der Waals surface area contributed by atoms with Crippen LogP contribution in [-0.2, 0) is 11.3 Å². The van der Waals surface area contributed by atoms with E-state index >= 15 is 0 Å².